The van der Waals surface area contributed by atoms with Crippen LogP contribution in [0.25, 0.3) is 6.08 Å². The minimum Gasteiger partial charge on any atom is -0.508 e. The third-order valence-corrected chi connectivity index (χ3v) is 1.51. The second-order valence-corrected chi connectivity index (χ2v) is 2.57. The molecule has 8 heteroatoms. The first-order chi connectivity index (χ1) is 6.50. The molecule has 17 heavy (non-hydrogen) atoms. The van der Waals surface area contributed by atoms with Gasteiger partial charge in [-0.05, 0) is 6.08 Å². The van der Waals surface area contributed by atoms with Crippen LogP contribution in [0.15, 0.2) is 18.2 Å². The second kappa shape index (κ2) is 11.9. The molecule has 0 aliphatic rings. The van der Waals surface area contributed by atoms with Gasteiger partial charge in [0.25, 0.3) is 0 Å². The fraction of sp³-hybridized carbons (Fsp3) is 0. The molecule has 1 aromatic rings. The van der Waals surface area contributed by atoms with Crippen molar-refractivity contribution in [1.82, 2.24) is 0 Å². The Morgan fingerprint density at radius 1 is 1.00 bits per heavy atom. The second-order valence-electron chi connectivity index (χ2n) is 2.57. The number of rotatable bonds is 2. The number of aliphatic carboxylic acids is 1. The molecule has 0 amide bonds. The summed E-state index contributed by atoms with van der Waals surface area (Å²) in [5, 5.41) is 35.7. The summed E-state index contributed by atoms with van der Waals surface area (Å²) in [6.07, 6.45) is 1.80. The van der Waals surface area contributed by atoms with E-state index in [1.807, 2.05) is 0 Å². The molecule has 0 saturated carbocycles. The summed E-state index contributed by atoms with van der Waals surface area (Å²) < 4.78 is 0. The smallest absolute Gasteiger partial charge is 0.328 e. The van der Waals surface area contributed by atoms with E-state index in [9.17, 15) is 15.0 Å². The maximum absolute atomic E-state index is 10.2. The fourth-order valence-corrected chi connectivity index (χ4v) is 0.934. The van der Waals surface area contributed by atoms with Crippen LogP contribution < -0.4 is 0 Å². The summed E-state index contributed by atoms with van der Waals surface area (Å²) in [5.41, 5.74) is -0.0507. The number of benzene rings is 1. The molecule has 0 heterocycles. The topological polar surface area (TPSA) is 98.0 Å². The Hall–Kier alpha value is 2.15. The first-order valence-corrected chi connectivity index (χ1v) is 3.66. The summed E-state index contributed by atoms with van der Waals surface area (Å²) >= 11 is 0. The van der Waals surface area contributed by atoms with E-state index in [-0.39, 0.29) is 155 Å². The summed E-state index contributed by atoms with van der Waals surface area (Å²) in [6.45, 7) is 0. The van der Waals surface area contributed by atoms with Crippen molar-refractivity contribution in [3.8, 4) is 17.2 Å². The van der Waals surface area contributed by atoms with E-state index in [4.69, 9.17) is 10.2 Å². The summed E-state index contributed by atoms with van der Waals surface area (Å²) in [6, 6.07) is 2.00. The molecule has 0 unspecified atom stereocenters. The van der Waals surface area contributed by atoms with Crippen LogP contribution in [0.3, 0.4) is 0 Å². The predicted molar refractivity (Wildman–Crippen MR) is 48.1 cm³/mol. The SMILES string of the molecule is O=C(O)/C=C/c1c(O)cc(O)cc1O.[Ac].[Ac].[Ac]. The van der Waals surface area contributed by atoms with Crippen molar-refractivity contribution in [1.29, 1.82) is 0 Å². The van der Waals surface area contributed by atoms with Crippen LogP contribution in [0.4, 0.5) is 0 Å². The Kier molecular flexibility index (Phi) is 17.0. The maximum atomic E-state index is 10.2. The van der Waals surface area contributed by atoms with E-state index in [1.54, 1.807) is 0 Å². The third kappa shape index (κ3) is 8.84. The molecule has 0 saturated heterocycles. The number of carboxylic acids is 1. The van der Waals surface area contributed by atoms with E-state index in [0.717, 1.165) is 24.3 Å². The van der Waals surface area contributed by atoms with Crippen LogP contribution in [0.2, 0.25) is 0 Å². The van der Waals surface area contributed by atoms with Crippen LogP contribution >= 0.6 is 0 Å². The van der Waals surface area contributed by atoms with Crippen molar-refractivity contribution in [3.05, 3.63) is 23.8 Å². The Balaban J connectivity index is -0.000000653. The van der Waals surface area contributed by atoms with Crippen LogP contribution in [0.5, 0.6) is 17.2 Å². The number of carboxylic acid groups (broad SMARTS) is 1. The van der Waals surface area contributed by atoms with Crippen molar-refractivity contribution in [2.75, 3.05) is 0 Å². The molecule has 83 valence electrons. The fourth-order valence-electron chi connectivity index (χ4n) is 0.934. The molecule has 1 rings (SSSR count). The van der Waals surface area contributed by atoms with Crippen LogP contribution in [-0.4, -0.2) is 26.4 Å². The number of aromatic hydroxyl groups is 3. The zero-order valence-corrected chi connectivity index (χ0v) is 23.0. The van der Waals surface area contributed by atoms with Crippen LogP contribution in [0, 0.1) is 132 Å². The molecule has 4 N–H and O–H groups in total. The van der Waals surface area contributed by atoms with Crippen LogP contribution in [-0.2, 0) is 4.79 Å². The average Bonchev–Trinajstić information content (AvgIpc) is 2.01. The zero-order chi connectivity index (χ0) is 10.7. The Labute approximate surface area is 205 Å². The van der Waals surface area contributed by atoms with E-state index in [2.05, 4.69) is 0 Å². The molecule has 0 aromatic heterocycles. The number of hydrogen-bond donors (Lipinski definition) is 4. The minimum absolute atomic E-state index is 0. The summed E-state index contributed by atoms with van der Waals surface area (Å²) in [5.74, 6) is -2.27. The van der Waals surface area contributed by atoms with Gasteiger partial charge in [-0.3, -0.25) is 0 Å². The van der Waals surface area contributed by atoms with Crippen molar-refractivity contribution < 1.29 is 157 Å². The molecule has 0 aliphatic carbocycles. The first kappa shape index (κ1) is 24.2. The monoisotopic (exact) mass is 877 g/mol. The van der Waals surface area contributed by atoms with Gasteiger partial charge in [0.1, 0.15) is 17.2 Å². The maximum Gasteiger partial charge on any atom is 0.328 e. The average molecular weight is 877 g/mol. The van der Waals surface area contributed by atoms with Crippen LogP contribution in [0.1, 0.15) is 5.56 Å². The molecule has 0 aliphatic heterocycles. The van der Waals surface area contributed by atoms with E-state index >= 15 is 0 Å². The number of hydrogen-bond acceptors (Lipinski definition) is 4. The van der Waals surface area contributed by atoms with Gasteiger partial charge in [-0.25, -0.2) is 4.79 Å². The zero-order valence-electron chi connectivity index (χ0n) is 8.74. The van der Waals surface area contributed by atoms with Crippen molar-refractivity contribution in [3.63, 3.8) is 0 Å². The number of carbonyl (C=O) groups is 1. The van der Waals surface area contributed by atoms with Gasteiger partial charge in [0.2, 0.25) is 0 Å². The van der Waals surface area contributed by atoms with Gasteiger partial charge < -0.3 is 20.4 Å². The standard InChI is InChI=1S/C9H8O5.3Ac/c10-5-3-7(11)6(8(12)4-5)1-2-9(13)14;;;/h1-4,10-12H,(H,13,14);;;/b2-1+;;;. The van der Waals surface area contributed by atoms with E-state index < -0.39 is 5.97 Å². The summed E-state index contributed by atoms with van der Waals surface area (Å²) in [7, 11) is 0. The van der Waals surface area contributed by atoms with E-state index in [1.165, 1.54) is 0 Å². The van der Waals surface area contributed by atoms with Crippen molar-refractivity contribution >= 4 is 12.0 Å². The van der Waals surface area contributed by atoms with E-state index in [0.29, 0.717) is 0 Å². The molecule has 0 atom stereocenters. The Morgan fingerprint density at radius 2 is 1.41 bits per heavy atom. The molecule has 0 bridgehead atoms. The van der Waals surface area contributed by atoms with Gasteiger partial charge in [-0.15, -0.1) is 0 Å². The van der Waals surface area contributed by atoms with Gasteiger partial charge in [0.05, 0.1) is 5.56 Å². The molecule has 0 spiro atoms. The van der Waals surface area contributed by atoms with Gasteiger partial charge in [0, 0.05) is 150 Å². The van der Waals surface area contributed by atoms with Gasteiger partial charge >= 0.3 is 5.97 Å². The quantitative estimate of drug-likeness (QED) is 0.332. The molecular formula is C9H8Ac3O5. The number of phenols is 3. The van der Waals surface area contributed by atoms with Gasteiger partial charge in [-0.1, -0.05) is 0 Å². The third-order valence-electron chi connectivity index (χ3n) is 1.51. The predicted octanol–water partition coefficient (Wildman–Crippen LogP) is 0.901. The number of phenolic OH excluding ortho intramolecular Hbond substituents is 3. The molecule has 1 aromatic carbocycles. The van der Waals surface area contributed by atoms with Gasteiger partial charge in [-0.2, -0.15) is 0 Å². The molecular weight excluding hydrogens is 869 g/mol. The minimum atomic E-state index is -1.20. The molecule has 5 nitrogen and oxygen atoms in total. The summed E-state index contributed by atoms with van der Waals surface area (Å²) in [4.78, 5) is 10.2. The Morgan fingerprint density at radius 3 is 1.76 bits per heavy atom. The Bertz CT molecular complexity index is 383. The van der Waals surface area contributed by atoms with Crippen molar-refractivity contribution in [2.24, 2.45) is 0 Å². The molecule has 0 fully saturated rings. The normalized spacial score (nSPS) is 8.71. The largest absolute Gasteiger partial charge is 0.508 e. The van der Waals surface area contributed by atoms with Gasteiger partial charge in [0.15, 0.2) is 0 Å². The first-order valence-electron chi connectivity index (χ1n) is 3.66. The molecule has 3 radical (unpaired) electrons. The van der Waals surface area contributed by atoms with Crippen molar-refractivity contribution in [2.45, 2.75) is 0 Å².